The summed E-state index contributed by atoms with van der Waals surface area (Å²) in [5.41, 5.74) is 1.91. The van der Waals surface area contributed by atoms with Crippen LogP contribution in [0.3, 0.4) is 0 Å². The standard InChI is InChI=1S/C26H25F2N3O3/c1-14-7-6-8-15(11-14)20-19-21(29(4)25(33)30(5)24(19)32)22-23(34-13-26(2,3)31(20)22)17-10-9-16(27)12-18(17)28/h6-12,23H,13H2,1-5H3/t23-/m1/s1. The second-order valence-corrected chi connectivity index (χ2v) is 9.54. The predicted octanol–water partition coefficient (Wildman–Crippen LogP) is 4.15. The van der Waals surface area contributed by atoms with E-state index in [1.54, 1.807) is 7.05 Å². The highest BCUT2D eigenvalue weighted by Gasteiger charge is 2.41. The Morgan fingerprint density at radius 3 is 2.44 bits per heavy atom. The summed E-state index contributed by atoms with van der Waals surface area (Å²) in [4.78, 5) is 26.5. The number of aromatic nitrogens is 3. The summed E-state index contributed by atoms with van der Waals surface area (Å²) in [6.07, 6.45) is -0.938. The highest BCUT2D eigenvalue weighted by Crippen LogP contribution is 2.45. The SMILES string of the molecule is Cc1cccc(-c2c3c(=O)n(C)c(=O)n(C)c3c3n2C(C)(C)CO[C@@H]3c2ccc(F)cc2F)c1. The van der Waals surface area contributed by atoms with Crippen LogP contribution >= 0.6 is 0 Å². The van der Waals surface area contributed by atoms with Gasteiger partial charge in [-0.05, 0) is 38.5 Å². The third-order valence-electron chi connectivity index (χ3n) is 6.60. The van der Waals surface area contributed by atoms with Crippen molar-refractivity contribution >= 4 is 10.9 Å². The Morgan fingerprint density at radius 1 is 1.03 bits per heavy atom. The summed E-state index contributed by atoms with van der Waals surface area (Å²) >= 11 is 0. The van der Waals surface area contributed by atoms with Crippen molar-refractivity contribution in [3.05, 3.63) is 91.8 Å². The van der Waals surface area contributed by atoms with Crippen molar-refractivity contribution < 1.29 is 13.5 Å². The lowest BCUT2D eigenvalue weighted by Crippen LogP contribution is -2.40. The van der Waals surface area contributed by atoms with Crippen molar-refractivity contribution in [2.45, 2.75) is 32.4 Å². The quantitative estimate of drug-likeness (QED) is 0.447. The normalized spacial score (nSPS) is 17.2. The first-order chi connectivity index (χ1) is 16.0. The zero-order valence-electron chi connectivity index (χ0n) is 19.6. The maximum Gasteiger partial charge on any atom is 0.331 e. The second-order valence-electron chi connectivity index (χ2n) is 9.54. The van der Waals surface area contributed by atoms with Gasteiger partial charge in [0.1, 0.15) is 17.7 Å². The number of halogens is 2. The molecule has 0 amide bonds. The topological polar surface area (TPSA) is 58.2 Å². The lowest BCUT2D eigenvalue weighted by atomic mass is 9.97. The van der Waals surface area contributed by atoms with E-state index in [2.05, 4.69) is 0 Å². The summed E-state index contributed by atoms with van der Waals surface area (Å²) in [7, 11) is 3.03. The molecule has 8 heteroatoms. The first-order valence-electron chi connectivity index (χ1n) is 11.0. The van der Waals surface area contributed by atoms with E-state index in [-0.39, 0.29) is 12.2 Å². The predicted molar refractivity (Wildman–Crippen MR) is 126 cm³/mol. The van der Waals surface area contributed by atoms with Gasteiger partial charge in [-0.3, -0.25) is 13.9 Å². The van der Waals surface area contributed by atoms with E-state index in [4.69, 9.17) is 4.74 Å². The third-order valence-corrected chi connectivity index (χ3v) is 6.60. The molecule has 0 bridgehead atoms. The number of hydrogen-bond donors (Lipinski definition) is 0. The molecule has 5 rings (SSSR count). The molecule has 0 unspecified atom stereocenters. The molecule has 4 aromatic rings. The van der Waals surface area contributed by atoms with E-state index in [0.29, 0.717) is 22.3 Å². The maximum absolute atomic E-state index is 15.0. The molecule has 0 N–H and O–H groups in total. The number of rotatable bonds is 2. The highest BCUT2D eigenvalue weighted by atomic mass is 19.1. The van der Waals surface area contributed by atoms with Gasteiger partial charge in [-0.25, -0.2) is 13.6 Å². The lowest BCUT2D eigenvalue weighted by molar-refractivity contribution is -0.00860. The Labute approximate surface area is 194 Å². The van der Waals surface area contributed by atoms with Crippen molar-refractivity contribution in [2.24, 2.45) is 14.1 Å². The molecule has 0 saturated heterocycles. The molecule has 0 spiro atoms. The fourth-order valence-electron chi connectivity index (χ4n) is 5.01. The van der Waals surface area contributed by atoms with Crippen molar-refractivity contribution in [3.8, 4) is 11.3 Å². The number of hydrogen-bond acceptors (Lipinski definition) is 3. The largest absolute Gasteiger partial charge is 0.365 e. The average Bonchev–Trinajstić information content (AvgIpc) is 3.15. The van der Waals surface area contributed by atoms with Gasteiger partial charge in [0.05, 0.1) is 34.4 Å². The summed E-state index contributed by atoms with van der Waals surface area (Å²) in [5.74, 6) is -1.45. The van der Waals surface area contributed by atoms with Crippen LogP contribution in [0.15, 0.2) is 52.1 Å². The molecule has 6 nitrogen and oxygen atoms in total. The van der Waals surface area contributed by atoms with Crippen LogP contribution < -0.4 is 11.2 Å². The Bertz CT molecular complexity index is 1590. The van der Waals surface area contributed by atoms with Crippen molar-refractivity contribution in [2.75, 3.05) is 6.61 Å². The van der Waals surface area contributed by atoms with Gasteiger partial charge in [0.25, 0.3) is 5.56 Å². The monoisotopic (exact) mass is 465 g/mol. The van der Waals surface area contributed by atoms with Gasteiger partial charge < -0.3 is 9.30 Å². The van der Waals surface area contributed by atoms with Crippen LogP contribution in [0.5, 0.6) is 0 Å². The van der Waals surface area contributed by atoms with Gasteiger partial charge in [0, 0.05) is 25.7 Å². The van der Waals surface area contributed by atoms with E-state index >= 15 is 0 Å². The molecule has 0 fully saturated rings. The van der Waals surface area contributed by atoms with Crippen LogP contribution in [-0.4, -0.2) is 20.3 Å². The highest BCUT2D eigenvalue weighted by molar-refractivity contribution is 5.97. The van der Waals surface area contributed by atoms with Gasteiger partial charge in [-0.1, -0.05) is 29.8 Å². The second kappa shape index (κ2) is 7.50. The number of ether oxygens (including phenoxy) is 1. The third kappa shape index (κ3) is 3.09. The van der Waals surface area contributed by atoms with Crippen LogP contribution in [0.25, 0.3) is 22.2 Å². The number of nitrogens with zero attached hydrogens (tertiary/aromatic N) is 3. The van der Waals surface area contributed by atoms with E-state index in [1.807, 2.05) is 49.6 Å². The van der Waals surface area contributed by atoms with Crippen LogP contribution in [0.2, 0.25) is 0 Å². The summed E-state index contributed by atoms with van der Waals surface area (Å²) in [5, 5.41) is 0.358. The molecule has 1 atom stereocenters. The molecular formula is C26H25F2N3O3. The van der Waals surface area contributed by atoms with Gasteiger partial charge in [0.2, 0.25) is 0 Å². The minimum absolute atomic E-state index is 0.140. The van der Waals surface area contributed by atoms with E-state index in [0.717, 1.165) is 21.8 Å². The summed E-state index contributed by atoms with van der Waals surface area (Å²) in [6.45, 7) is 6.11. The molecule has 0 saturated carbocycles. The Kier molecular flexibility index (Phi) is 4.91. The van der Waals surface area contributed by atoms with Crippen LogP contribution in [-0.2, 0) is 24.4 Å². The molecule has 3 heterocycles. The fraction of sp³-hybridized carbons (Fsp3) is 0.308. The molecule has 2 aromatic heterocycles. The average molecular weight is 466 g/mol. The molecule has 0 radical (unpaired) electrons. The number of fused-ring (bicyclic) bond motifs is 3. The molecular weight excluding hydrogens is 440 g/mol. The van der Waals surface area contributed by atoms with Gasteiger partial charge >= 0.3 is 5.69 Å². The first kappa shape index (κ1) is 22.3. The van der Waals surface area contributed by atoms with E-state index < -0.39 is 34.5 Å². The first-order valence-corrected chi connectivity index (χ1v) is 11.0. The molecule has 34 heavy (non-hydrogen) atoms. The van der Waals surface area contributed by atoms with Crippen molar-refractivity contribution in [1.29, 1.82) is 0 Å². The smallest absolute Gasteiger partial charge is 0.331 e. The lowest BCUT2D eigenvalue weighted by Gasteiger charge is -2.39. The molecule has 1 aliphatic heterocycles. The van der Waals surface area contributed by atoms with Crippen LogP contribution in [0.4, 0.5) is 8.78 Å². The zero-order valence-corrected chi connectivity index (χ0v) is 19.6. The van der Waals surface area contributed by atoms with E-state index in [1.165, 1.54) is 23.7 Å². The van der Waals surface area contributed by atoms with Gasteiger partial charge in [-0.2, -0.15) is 0 Å². The molecule has 0 aliphatic carbocycles. The maximum atomic E-state index is 15.0. The Morgan fingerprint density at radius 2 is 1.76 bits per heavy atom. The van der Waals surface area contributed by atoms with Crippen molar-refractivity contribution in [3.63, 3.8) is 0 Å². The summed E-state index contributed by atoms with van der Waals surface area (Å²) < 4.78 is 39.3. The Hall–Kier alpha value is -3.52. The Balaban J connectivity index is 2.02. The number of benzene rings is 2. The fourth-order valence-corrected chi connectivity index (χ4v) is 5.01. The van der Waals surface area contributed by atoms with E-state index in [9.17, 15) is 18.4 Å². The summed E-state index contributed by atoms with van der Waals surface area (Å²) in [6, 6.07) is 11.1. The van der Waals surface area contributed by atoms with Crippen LogP contribution in [0.1, 0.15) is 36.8 Å². The molecule has 176 valence electrons. The van der Waals surface area contributed by atoms with Gasteiger partial charge in [0.15, 0.2) is 0 Å². The minimum atomic E-state index is -0.938. The molecule has 2 aromatic carbocycles. The van der Waals surface area contributed by atoms with Crippen LogP contribution in [0, 0.1) is 18.6 Å². The zero-order chi connectivity index (χ0) is 24.5. The van der Waals surface area contributed by atoms with Crippen molar-refractivity contribution in [1.82, 2.24) is 13.7 Å². The number of aryl methyl sites for hydroxylation is 2. The minimum Gasteiger partial charge on any atom is -0.365 e. The molecule has 1 aliphatic rings. The van der Waals surface area contributed by atoms with Gasteiger partial charge in [-0.15, -0.1) is 0 Å².